The smallest absolute Gasteiger partial charge is 0.341 e. The minimum absolute atomic E-state index is 0.00631. The Balaban J connectivity index is 2.15. The van der Waals surface area contributed by atoms with Crippen molar-refractivity contribution in [2.45, 2.75) is 13.5 Å². The predicted molar refractivity (Wildman–Crippen MR) is 78.6 cm³/mol. The molecule has 4 nitrogen and oxygen atoms in total. The van der Waals surface area contributed by atoms with E-state index in [0.29, 0.717) is 16.9 Å². The van der Waals surface area contributed by atoms with E-state index in [4.69, 9.17) is 9.47 Å². The van der Waals surface area contributed by atoms with E-state index < -0.39 is 5.97 Å². The lowest BCUT2D eigenvalue weighted by molar-refractivity contribution is 0.0595. The number of ketones is 1. The Hall–Kier alpha value is -2.62. The highest BCUT2D eigenvalue weighted by molar-refractivity contribution is 5.94. The number of Topliss-reactive ketones (excluding diaryl/α,β-unsaturated/α-hetero) is 1. The summed E-state index contributed by atoms with van der Waals surface area (Å²) in [4.78, 5) is 23.0. The lowest BCUT2D eigenvalue weighted by atomic mass is 10.1. The third kappa shape index (κ3) is 3.69. The van der Waals surface area contributed by atoms with Crippen LogP contribution in [0.4, 0.5) is 0 Å². The van der Waals surface area contributed by atoms with Crippen molar-refractivity contribution in [3.8, 4) is 5.75 Å². The Kier molecular flexibility index (Phi) is 4.72. The highest BCUT2D eigenvalue weighted by atomic mass is 16.5. The third-order valence-corrected chi connectivity index (χ3v) is 3.02. The Bertz CT molecular complexity index is 661. The minimum Gasteiger partial charge on any atom is -0.488 e. The van der Waals surface area contributed by atoms with E-state index in [1.807, 2.05) is 12.1 Å². The molecule has 0 unspecified atom stereocenters. The van der Waals surface area contributed by atoms with Gasteiger partial charge in [-0.05, 0) is 30.7 Å². The minimum atomic E-state index is -0.442. The van der Waals surface area contributed by atoms with Gasteiger partial charge in [-0.25, -0.2) is 4.79 Å². The molecule has 0 aromatic heterocycles. The number of esters is 1. The topological polar surface area (TPSA) is 52.6 Å². The van der Waals surface area contributed by atoms with Gasteiger partial charge in [-0.3, -0.25) is 4.79 Å². The Morgan fingerprint density at radius 1 is 1.05 bits per heavy atom. The summed E-state index contributed by atoms with van der Waals surface area (Å²) >= 11 is 0. The van der Waals surface area contributed by atoms with E-state index in [-0.39, 0.29) is 12.4 Å². The second-order valence-corrected chi connectivity index (χ2v) is 4.53. The number of hydrogen-bond donors (Lipinski definition) is 0. The molecule has 0 aliphatic carbocycles. The second kappa shape index (κ2) is 6.70. The van der Waals surface area contributed by atoms with Crippen LogP contribution in [0.3, 0.4) is 0 Å². The van der Waals surface area contributed by atoms with Gasteiger partial charge in [0.05, 0.1) is 7.11 Å². The first-order chi connectivity index (χ1) is 10.1. The van der Waals surface area contributed by atoms with Gasteiger partial charge in [0, 0.05) is 5.56 Å². The molecule has 0 bridgehead atoms. The lowest BCUT2D eigenvalue weighted by Crippen LogP contribution is -2.06. The fraction of sp³-hybridized carbons (Fsp3) is 0.176. The van der Waals surface area contributed by atoms with Crippen LogP contribution in [0.15, 0.2) is 48.5 Å². The third-order valence-electron chi connectivity index (χ3n) is 3.02. The van der Waals surface area contributed by atoms with Crippen LogP contribution in [-0.2, 0) is 11.3 Å². The van der Waals surface area contributed by atoms with Crippen molar-refractivity contribution < 1.29 is 19.1 Å². The first kappa shape index (κ1) is 14.8. The van der Waals surface area contributed by atoms with E-state index in [2.05, 4.69) is 0 Å². The highest BCUT2D eigenvalue weighted by Crippen LogP contribution is 2.20. The van der Waals surface area contributed by atoms with Crippen molar-refractivity contribution in [1.29, 1.82) is 0 Å². The molecule has 2 aromatic rings. The number of hydrogen-bond acceptors (Lipinski definition) is 4. The summed E-state index contributed by atoms with van der Waals surface area (Å²) in [5.41, 5.74) is 1.88. The van der Waals surface area contributed by atoms with Crippen LogP contribution in [0.25, 0.3) is 0 Å². The van der Waals surface area contributed by atoms with Crippen LogP contribution in [0.1, 0.15) is 33.2 Å². The maximum absolute atomic E-state index is 11.6. The number of para-hydroxylation sites is 1. The van der Waals surface area contributed by atoms with Gasteiger partial charge in [0.25, 0.3) is 0 Å². The first-order valence-corrected chi connectivity index (χ1v) is 6.52. The molecule has 2 rings (SSSR count). The van der Waals surface area contributed by atoms with Crippen molar-refractivity contribution in [2.24, 2.45) is 0 Å². The summed E-state index contributed by atoms with van der Waals surface area (Å²) in [7, 11) is 1.33. The Morgan fingerprint density at radius 2 is 1.81 bits per heavy atom. The summed E-state index contributed by atoms with van der Waals surface area (Å²) in [6.45, 7) is 1.79. The molecule has 0 atom stereocenters. The van der Waals surface area contributed by atoms with Crippen molar-refractivity contribution in [1.82, 2.24) is 0 Å². The van der Waals surface area contributed by atoms with E-state index in [9.17, 15) is 9.59 Å². The SMILES string of the molecule is COC(=O)c1ccccc1OCc1cccc(C(C)=O)c1. The Morgan fingerprint density at radius 3 is 2.52 bits per heavy atom. The van der Waals surface area contributed by atoms with Gasteiger partial charge < -0.3 is 9.47 Å². The standard InChI is InChI=1S/C17H16O4/c1-12(18)14-7-5-6-13(10-14)11-21-16-9-4-3-8-15(16)17(19)20-2/h3-10H,11H2,1-2H3. The first-order valence-electron chi connectivity index (χ1n) is 6.52. The molecule has 0 N–H and O–H groups in total. The number of methoxy groups -OCH3 is 1. The van der Waals surface area contributed by atoms with Gasteiger partial charge in [0.15, 0.2) is 5.78 Å². The summed E-state index contributed by atoms with van der Waals surface area (Å²) in [5.74, 6) is 0.0208. The van der Waals surface area contributed by atoms with Crippen LogP contribution in [0.2, 0.25) is 0 Å². The second-order valence-electron chi connectivity index (χ2n) is 4.53. The van der Waals surface area contributed by atoms with E-state index in [0.717, 1.165) is 5.56 Å². The average Bonchev–Trinajstić information content (AvgIpc) is 2.52. The maximum Gasteiger partial charge on any atom is 0.341 e. The molecule has 0 heterocycles. The van der Waals surface area contributed by atoms with Crippen LogP contribution in [0.5, 0.6) is 5.75 Å². The number of benzene rings is 2. The summed E-state index contributed by atoms with van der Waals surface area (Å²) in [6, 6.07) is 14.1. The van der Waals surface area contributed by atoms with Gasteiger partial charge >= 0.3 is 5.97 Å². The quantitative estimate of drug-likeness (QED) is 0.624. The van der Waals surface area contributed by atoms with Crippen LogP contribution in [0, 0.1) is 0 Å². The molecule has 4 heteroatoms. The van der Waals surface area contributed by atoms with Gasteiger partial charge in [0.2, 0.25) is 0 Å². The lowest BCUT2D eigenvalue weighted by Gasteiger charge is -2.10. The van der Waals surface area contributed by atoms with Crippen molar-refractivity contribution in [2.75, 3.05) is 7.11 Å². The molecule has 2 aromatic carbocycles. The van der Waals surface area contributed by atoms with E-state index in [1.165, 1.54) is 14.0 Å². The fourth-order valence-corrected chi connectivity index (χ4v) is 1.91. The van der Waals surface area contributed by atoms with E-state index in [1.54, 1.807) is 36.4 Å². The highest BCUT2D eigenvalue weighted by Gasteiger charge is 2.12. The molecule has 0 amide bonds. The monoisotopic (exact) mass is 284 g/mol. The predicted octanol–water partition coefficient (Wildman–Crippen LogP) is 3.25. The molecule has 21 heavy (non-hydrogen) atoms. The van der Waals surface area contributed by atoms with Crippen LogP contribution in [-0.4, -0.2) is 18.9 Å². The molecule has 0 spiro atoms. The van der Waals surface area contributed by atoms with Crippen molar-refractivity contribution in [3.63, 3.8) is 0 Å². The summed E-state index contributed by atoms with van der Waals surface area (Å²) in [6.07, 6.45) is 0. The molecule has 0 fully saturated rings. The zero-order valence-electron chi connectivity index (χ0n) is 12.0. The van der Waals surface area contributed by atoms with Crippen LogP contribution < -0.4 is 4.74 Å². The molecule has 108 valence electrons. The summed E-state index contributed by atoms with van der Waals surface area (Å²) < 4.78 is 10.4. The molecule has 0 saturated heterocycles. The maximum atomic E-state index is 11.6. The largest absolute Gasteiger partial charge is 0.488 e. The number of rotatable bonds is 5. The molecule has 0 radical (unpaired) electrons. The molecule has 0 aliphatic heterocycles. The van der Waals surface area contributed by atoms with Crippen molar-refractivity contribution >= 4 is 11.8 Å². The normalized spacial score (nSPS) is 10.0. The Labute approximate surface area is 123 Å². The molecule has 0 aliphatic rings. The van der Waals surface area contributed by atoms with Gasteiger partial charge in [-0.2, -0.15) is 0 Å². The zero-order chi connectivity index (χ0) is 15.2. The number of carbonyl (C=O) groups is 2. The number of ether oxygens (including phenoxy) is 2. The molecule has 0 saturated carbocycles. The van der Waals surface area contributed by atoms with Crippen LogP contribution >= 0.6 is 0 Å². The molecular weight excluding hydrogens is 268 g/mol. The van der Waals surface area contributed by atoms with Gasteiger partial charge in [-0.1, -0.05) is 30.3 Å². The van der Waals surface area contributed by atoms with Gasteiger partial charge in [0.1, 0.15) is 17.9 Å². The summed E-state index contributed by atoms with van der Waals surface area (Å²) in [5, 5.41) is 0. The zero-order valence-corrected chi connectivity index (χ0v) is 12.0. The number of carbonyl (C=O) groups excluding carboxylic acids is 2. The average molecular weight is 284 g/mol. The fourth-order valence-electron chi connectivity index (χ4n) is 1.91. The van der Waals surface area contributed by atoms with E-state index >= 15 is 0 Å². The molecular formula is C17H16O4. The van der Waals surface area contributed by atoms with Crippen molar-refractivity contribution in [3.05, 3.63) is 65.2 Å². The van der Waals surface area contributed by atoms with Gasteiger partial charge in [-0.15, -0.1) is 0 Å².